The molecule has 1 aliphatic rings. The second kappa shape index (κ2) is 9.04. The molecule has 0 spiro atoms. The molecule has 4 heteroatoms. The lowest BCUT2D eigenvalue weighted by molar-refractivity contribution is -0.130. The number of β-lactam (4-membered cyclic amide) rings is 1. The summed E-state index contributed by atoms with van der Waals surface area (Å²) >= 11 is 0. The Balaban J connectivity index is 1.54. The van der Waals surface area contributed by atoms with Crippen molar-refractivity contribution in [2.75, 3.05) is 19.1 Å². The maximum Gasteiger partial charge on any atom is 0.233 e. The Morgan fingerprint density at radius 3 is 2.00 bits per heavy atom. The van der Waals surface area contributed by atoms with Gasteiger partial charge in [-0.2, -0.15) is 0 Å². The van der Waals surface area contributed by atoms with E-state index in [-0.39, 0.29) is 17.9 Å². The van der Waals surface area contributed by atoms with E-state index >= 15 is 0 Å². The highest BCUT2D eigenvalue weighted by atomic mass is 16.5. The van der Waals surface area contributed by atoms with Crippen LogP contribution in [0, 0.1) is 5.92 Å². The minimum Gasteiger partial charge on any atom is -0.497 e. The lowest BCUT2D eigenvalue weighted by atomic mass is 9.78. The Labute approximate surface area is 178 Å². The summed E-state index contributed by atoms with van der Waals surface area (Å²) in [6, 6.07) is 26.3. The lowest BCUT2D eigenvalue weighted by Crippen LogP contribution is -2.55. The first kappa shape index (κ1) is 20.0. The van der Waals surface area contributed by atoms with Gasteiger partial charge in [-0.25, -0.2) is 0 Å². The molecule has 3 aromatic carbocycles. The van der Waals surface area contributed by atoms with Crippen LogP contribution in [0.3, 0.4) is 0 Å². The monoisotopic (exact) mass is 401 g/mol. The van der Waals surface area contributed by atoms with Gasteiger partial charge in [-0.15, -0.1) is 0 Å². The van der Waals surface area contributed by atoms with Crippen molar-refractivity contribution in [3.05, 3.63) is 90.0 Å². The molecule has 1 fully saturated rings. The maximum atomic E-state index is 13.1. The summed E-state index contributed by atoms with van der Waals surface area (Å²) < 4.78 is 10.6. The zero-order valence-electron chi connectivity index (χ0n) is 17.5. The molecule has 1 aliphatic heterocycles. The number of benzene rings is 3. The van der Waals surface area contributed by atoms with Crippen LogP contribution in [0.15, 0.2) is 78.9 Å². The Hall–Kier alpha value is -3.27. The number of nitrogens with zero attached hydrogens (tertiary/aromatic N) is 1. The first-order valence-electron chi connectivity index (χ1n) is 10.4. The summed E-state index contributed by atoms with van der Waals surface area (Å²) in [6.45, 7) is 0. The Morgan fingerprint density at radius 2 is 1.40 bits per heavy atom. The molecule has 3 aromatic rings. The molecule has 0 bridgehead atoms. The van der Waals surface area contributed by atoms with Crippen molar-refractivity contribution in [1.82, 2.24) is 0 Å². The van der Waals surface area contributed by atoms with Crippen LogP contribution in [0.2, 0.25) is 0 Å². The van der Waals surface area contributed by atoms with Gasteiger partial charge in [-0.05, 0) is 66.8 Å². The molecule has 0 N–H and O–H groups in total. The highest BCUT2D eigenvalue weighted by Crippen LogP contribution is 2.46. The Morgan fingerprint density at radius 1 is 0.800 bits per heavy atom. The molecule has 30 heavy (non-hydrogen) atoms. The minimum atomic E-state index is -0.00999. The summed E-state index contributed by atoms with van der Waals surface area (Å²) in [7, 11) is 3.31. The third-order valence-corrected chi connectivity index (χ3v) is 5.85. The molecule has 2 atom stereocenters. The van der Waals surface area contributed by atoms with Crippen LogP contribution < -0.4 is 14.4 Å². The van der Waals surface area contributed by atoms with Crippen molar-refractivity contribution in [3.8, 4) is 11.5 Å². The van der Waals surface area contributed by atoms with E-state index in [1.807, 2.05) is 47.4 Å². The number of ether oxygens (including phenoxy) is 2. The predicted octanol–water partition coefficient (Wildman–Crippen LogP) is 5.43. The fraction of sp³-hybridized carbons (Fsp3) is 0.269. The van der Waals surface area contributed by atoms with Gasteiger partial charge in [0.25, 0.3) is 0 Å². The van der Waals surface area contributed by atoms with Crippen LogP contribution in [0.4, 0.5) is 5.69 Å². The average Bonchev–Trinajstić information content (AvgIpc) is 2.81. The average molecular weight is 402 g/mol. The minimum absolute atomic E-state index is 0.00999. The topological polar surface area (TPSA) is 38.8 Å². The summed E-state index contributed by atoms with van der Waals surface area (Å²) in [5.74, 6) is 1.78. The van der Waals surface area contributed by atoms with Gasteiger partial charge in [0.2, 0.25) is 5.91 Å². The van der Waals surface area contributed by atoms with Crippen molar-refractivity contribution in [2.45, 2.75) is 25.3 Å². The summed E-state index contributed by atoms with van der Waals surface area (Å²) in [6.07, 6.45) is 2.85. The molecule has 0 aromatic heterocycles. The zero-order valence-corrected chi connectivity index (χ0v) is 17.5. The lowest BCUT2D eigenvalue weighted by Gasteiger charge is -2.47. The Bertz CT molecular complexity index is 967. The molecule has 4 nitrogen and oxygen atoms in total. The molecule has 0 radical (unpaired) electrons. The molecule has 0 saturated carbocycles. The number of hydrogen-bond donors (Lipinski definition) is 0. The molecular formula is C26H27NO3. The van der Waals surface area contributed by atoms with Gasteiger partial charge in [0, 0.05) is 5.69 Å². The SMILES string of the molecule is COc1ccc(C2[C@@H](CCCc3ccccc3)C(=O)N2c2ccc(OC)cc2)cc1. The first-order chi connectivity index (χ1) is 14.7. The predicted molar refractivity (Wildman–Crippen MR) is 119 cm³/mol. The molecule has 1 heterocycles. The fourth-order valence-electron chi connectivity index (χ4n) is 4.21. The van der Waals surface area contributed by atoms with E-state index in [1.165, 1.54) is 5.56 Å². The van der Waals surface area contributed by atoms with Gasteiger partial charge < -0.3 is 14.4 Å². The van der Waals surface area contributed by atoms with Crippen molar-refractivity contribution < 1.29 is 14.3 Å². The number of anilines is 1. The normalized spacial score (nSPS) is 18.1. The quantitative estimate of drug-likeness (QED) is 0.472. The third kappa shape index (κ3) is 4.04. The van der Waals surface area contributed by atoms with E-state index < -0.39 is 0 Å². The van der Waals surface area contributed by atoms with Crippen LogP contribution >= 0.6 is 0 Å². The summed E-state index contributed by atoms with van der Waals surface area (Å²) in [5.41, 5.74) is 3.36. The van der Waals surface area contributed by atoms with Gasteiger partial charge in [0.1, 0.15) is 11.5 Å². The number of rotatable bonds is 8. The highest BCUT2D eigenvalue weighted by Gasteiger charge is 2.48. The fourth-order valence-corrected chi connectivity index (χ4v) is 4.21. The van der Waals surface area contributed by atoms with E-state index in [4.69, 9.17) is 9.47 Å². The van der Waals surface area contributed by atoms with Crippen LogP contribution in [-0.4, -0.2) is 20.1 Å². The molecule has 0 aliphatic carbocycles. The number of hydrogen-bond acceptors (Lipinski definition) is 3. The van der Waals surface area contributed by atoms with Gasteiger partial charge >= 0.3 is 0 Å². The van der Waals surface area contributed by atoms with Gasteiger partial charge in [-0.1, -0.05) is 42.5 Å². The van der Waals surface area contributed by atoms with Crippen LogP contribution in [0.1, 0.15) is 30.0 Å². The number of methoxy groups -OCH3 is 2. The van der Waals surface area contributed by atoms with Crippen LogP contribution in [0.25, 0.3) is 0 Å². The van der Waals surface area contributed by atoms with E-state index in [2.05, 4.69) is 36.4 Å². The standard InChI is InChI=1S/C26H27NO3/c1-29-22-15-11-20(12-16-22)25-24(10-6-9-19-7-4-3-5-8-19)26(28)27(25)21-13-17-23(30-2)18-14-21/h3-5,7-8,11-18,24-25H,6,9-10H2,1-2H3/t24-,25?/m1/s1. The van der Waals surface area contributed by atoms with E-state index in [0.717, 1.165) is 42.0 Å². The number of carbonyl (C=O) groups is 1. The van der Waals surface area contributed by atoms with Gasteiger partial charge in [0.05, 0.1) is 26.2 Å². The van der Waals surface area contributed by atoms with E-state index in [0.29, 0.717) is 0 Å². The molecule has 1 unspecified atom stereocenters. The number of aryl methyl sites for hydroxylation is 1. The van der Waals surface area contributed by atoms with E-state index in [9.17, 15) is 4.79 Å². The molecule has 154 valence electrons. The summed E-state index contributed by atoms with van der Waals surface area (Å²) in [5, 5.41) is 0. The Kier molecular flexibility index (Phi) is 6.03. The van der Waals surface area contributed by atoms with Crippen LogP contribution in [-0.2, 0) is 11.2 Å². The van der Waals surface area contributed by atoms with Crippen molar-refractivity contribution in [2.24, 2.45) is 5.92 Å². The summed E-state index contributed by atoms with van der Waals surface area (Å²) in [4.78, 5) is 15.0. The molecular weight excluding hydrogens is 374 g/mol. The third-order valence-electron chi connectivity index (χ3n) is 5.85. The highest BCUT2D eigenvalue weighted by molar-refractivity contribution is 6.03. The van der Waals surface area contributed by atoms with Gasteiger partial charge in [-0.3, -0.25) is 4.79 Å². The first-order valence-corrected chi connectivity index (χ1v) is 10.4. The second-order valence-electron chi connectivity index (χ2n) is 7.61. The van der Waals surface area contributed by atoms with Crippen molar-refractivity contribution >= 4 is 11.6 Å². The molecule has 1 saturated heterocycles. The smallest absolute Gasteiger partial charge is 0.233 e. The van der Waals surface area contributed by atoms with Gasteiger partial charge in [0.15, 0.2) is 0 Å². The molecule has 1 amide bonds. The number of carbonyl (C=O) groups excluding carboxylic acids is 1. The second-order valence-corrected chi connectivity index (χ2v) is 7.61. The van der Waals surface area contributed by atoms with Crippen LogP contribution in [0.5, 0.6) is 11.5 Å². The number of amides is 1. The van der Waals surface area contributed by atoms with Crippen molar-refractivity contribution in [3.63, 3.8) is 0 Å². The largest absolute Gasteiger partial charge is 0.497 e. The zero-order chi connectivity index (χ0) is 20.9. The maximum absolute atomic E-state index is 13.1. The van der Waals surface area contributed by atoms with E-state index in [1.54, 1.807) is 14.2 Å². The molecule has 4 rings (SSSR count). The van der Waals surface area contributed by atoms with Crippen molar-refractivity contribution in [1.29, 1.82) is 0 Å².